The van der Waals surface area contributed by atoms with Crippen molar-refractivity contribution in [3.8, 4) is 0 Å². The molecule has 0 aliphatic rings. The summed E-state index contributed by atoms with van der Waals surface area (Å²) in [5, 5.41) is 0.659. The summed E-state index contributed by atoms with van der Waals surface area (Å²) in [6.07, 6.45) is 0. The molecule has 0 heterocycles. The van der Waals surface area contributed by atoms with Crippen LogP contribution in [0.1, 0.15) is 25.0 Å². The normalized spacial score (nSPS) is 13.5. The van der Waals surface area contributed by atoms with E-state index >= 15 is 0 Å². The lowest BCUT2D eigenvalue weighted by atomic mass is 9.91. The third-order valence-electron chi connectivity index (χ3n) is 3.81. The third kappa shape index (κ3) is 3.49. The van der Waals surface area contributed by atoms with Crippen LogP contribution >= 0.6 is 11.6 Å². The zero-order chi connectivity index (χ0) is 16.2. The number of likely N-dealkylation sites (N-methyl/N-ethyl adjacent to an activating group) is 1. The molecular formula is C18H21ClN2O. The number of carbonyl (C=O) groups is 1. The highest BCUT2D eigenvalue weighted by molar-refractivity contribution is 6.31. The number of rotatable bonds is 5. The van der Waals surface area contributed by atoms with E-state index in [1.54, 1.807) is 11.8 Å². The Hall–Kier alpha value is -1.84. The van der Waals surface area contributed by atoms with E-state index in [2.05, 4.69) is 0 Å². The number of nitrogens with zero attached hydrogens (tertiary/aromatic N) is 1. The van der Waals surface area contributed by atoms with Crippen LogP contribution in [0.3, 0.4) is 0 Å². The maximum atomic E-state index is 12.9. The van der Waals surface area contributed by atoms with Crippen LogP contribution in [0.25, 0.3) is 0 Å². The van der Waals surface area contributed by atoms with E-state index < -0.39 is 5.54 Å². The van der Waals surface area contributed by atoms with Crippen molar-refractivity contribution < 1.29 is 4.79 Å². The number of carbonyl (C=O) groups excluding carboxylic acids is 1. The highest BCUT2D eigenvalue weighted by Gasteiger charge is 2.34. The van der Waals surface area contributed by atoms with Gasteiger partial charge in [0.2, 0.25) is 5.91 Å². The van der Waals surface area contributed by atoms with E-state index in [-0.39, 0.29) is 5.91 Å². The fourth-order valence-electron chi connectivity index (χ4n) is 2.40. The van der Waals surface area contributed by atoms with Crippen molar-refractivity contribution in [1.29, 1.82) is 0 Å². The van der Waals surface area contributed by atoms with Crippen molar-refractivity contribution in [2.45, 2.75) is 25.9 Å². The molecule has 4 heteroatoms. The Morgan fingerprint density at radius 1 is 1.14 bits per heavy atom. The lowest BCUT2D eigenvalue weighted by molar-refractivity contribution is -0.137. The lowest BCUT2D eigenvalue weighted by Crippen LogP contribution is -2.50. The van der Waals surface area contributed by atoms with E-state index in [1.165, 1.54) is 0 Å². The van der Waals surface area contributed by atoms with Crippen LogP contribution in [0.2, 0.25) is 5.02 Å². The molecule has 0 saturated heterocycles. The summed E-state index contributed by atoms with van der Waals surface area (Å²) in [5.41, 5.74) is 6.99. The molecule has 116 valence electrons. The highest BCUT2D eigenvalue weighted by Crippen LogP contribution is 2.23. The van der Waals surface area contributed by atoms with E-state index in [0.29, 0.717) is 18.1 Å². The van der Waals surface area contributed by atoms with Gasteiger partial charge in [-0.1, -0.05) is 60.1 Å². The minimum Gasteiger partial charge on any atom is -0.337 e. The maximum absolute atomic E-state index is 12.9. The van der Waals surface area contributed by atoms with Gasteiger partial charge in [0.05, 0.1) is 0 Å². The van der Waals surface area contributed by atoms with Crippen LogP contribution in [0.15, 0.2) is 54.6 Å². The largest absolute Gasteiger partial charge is 0.337 e. The van der Waals surface area contributed by atoms with Crippen LogP contribution in [0, 0.1) is 0 Å². The maximum Gasteiger partial charge on any atom is 0.247 e. The molecule has 1 amide bonds. The second-order valence-corrected chi connectivity index (χ2v) is 5.89. The standard InChI is InChI=1S/C18H21ClN2O/c1-3-21(13-14-9-7-8-12-16(14)19)17(22)18(2,20)15-10-5-4-6-11-15/h4-12H,3,13,20H2,1-2H3. The first kappa shape index (κ1) is 16.5. The Bertz CT molecular complexity index is 641. The van der Waals surface area contributed by atoms with Crippen molar-refractivity contribution in [2.75, 3.05) is 6.54 Å². The molecule has 0 bridgehead atoms. The van der Waals surface area contributed by atoms with Gasteiger partial charge in [0.1, 0.15) is 5.54 Å². The Balaban J connectivity index is 2.24. The fourth-order valence-corrected chi connectivity index (χ4v) is 2.59. The van der Waals surface area contributed by atoms with Gasteiger partial charge in [0.15, 0.2) is 0 Å². The molecule has 0 fully saturated rings. The molecule has 1 unspecified atom stereocenters. The predicted molar refractivity (Wildman–Crippen MR) is 90.5 cm³/mol. The second kappa shape index (κ2) is 6.95. The topological polar surface area (TPSA) is 46.3 Å². The Morgan fingerprint density at radius 2 is 1.73 bits per heavy atom. The molecular weight excluding hydrogens is 296 g/mol. The van der Waals surface area contributed by atoms with E-state index in [4.69, 9.17) is 17.3 Å². The van der Waals surface area contributed by atoms with E-state index in [1.807, 2.05) is 61.5 Å². The number of benzene rings is 2. The molecule has 0 aliphatic heterocycles. The summed E-state index contributed by atoms with van der Waals surface area (Å²) in [4.78, 5) is 14.6. The van der Waals surface area contributed by atoms with Gasteiger partial charge in [0.25, 0.3) is 0 Å². The number of halogens is 1. The predicted octanol–water partition coefficient (Wildman–Crippen LogP) is 3.56. The monoisotopic (exact) mass is 316 g/mol. The molecule has 1 atom stereocenters. The molecule has 2 aromatic rings. The SMILES string of the molecule is CCN(Cc1ccccc1Cl)C(=O)C(C)(N)c1ccccc1. The highest BCUT2D eigenvalue weighted by atomic mass is 35.5. The number of hydrogen-bond donors (Lipinski definition) is 1. The van der Waals surface area contributed by atoms with E-state index in [9.17, 15) is 4.79 Å². The van der Waals surface area contributed by atoms with Crippen molar-refractivity contribution >= 4 is 17.5 Å². The Kier molecular flexibility index (Phi) is 5.22. The minimum atomic E-state index is -1.06. The Morgan fingerprint density at radius 3 is 2.32 bits per heavy atom. The number of amides is 1. The summed E-state index contributed by atoms with van der Waals surface area (Å²) < 4.78 is 0. The zero-order valence-corrected chi connectivity index (χ0v) is 13.7. The number of hydrogen-bond acceptors (Lipinski definition) is 2. The quantitative estimate of drug-likeness (QED) is 0.916. The molecule has 3 nitrogen and oxygen atoms in total. The average molecular weight is 317 g/mol. The first-order valence-electron chi connectivity index (χ1n) is 7.34. The van der Waals surface area contributed by atoms with Gasteiger partial charge in [0, 0.05) is 18.1 Å². The van der Waals surface area contributed by atoms with Gasteiger partial charge in [-0.3, -0.25) is 4.79 Å². The van der Waals surface area contributed by atoms with Crippen LogP contribution < -0.4 is 5.73 Å². The van der Waals surface area contributed by atoms with Crippen LogP contribution in [-0.2, 0) is 16.9 Å². The smallest absolute Gasteiger partial charge is 0.247 e. The molecule has 22 heavy (non-hydrogen) atoms. The molecule has 2 rings (SSSR count). The summed E-state index contributed by atoms with van der Waals surface area (Å²) in [5.74, 6) is -0.110. The van der Waals surface area contributed by atoms with Gasteiger partial charge < -0.3 is 10.6 Å². The molecule has 0 radical (unpaired) electrons. The first-order chi connectivity index (χ1) is 10.5. The fraction of sp³-hybridized carbons (Fsp3) is 0.278. The van der Waals surface area contributed by atoms with Gasteiger partial charge >= 0.3 is 0 Å². The minimum absolute atomic E-state index is 0.110. The molecule has 0 saturated carbocycles. The summed E-state index contributed by atoms with van der Waals surface area (Å²) in [7, 11) is 0. The van der Waals surface area contributed by atoms with Crippen LogP contribution in [0.5, 0.6) is 0 Å². The second-order valence-electron chi connectivity index (χ2n) is 5.48. The molecule has 0 spiro atoms. The van der Waals surface area contributed by atoms with Gasteiger partial charge in [-0.05, 0) is 31.0 Å². The van der Waals surface area contributed by atoms with Crippen molar-refractivity contribution in [3.05, 3.63) is 70.7 Å². The van der Waals surface area contributed by atoms with E-state index in [0.717, 1.165) is 11.1 Å². The zero-order valence-electron chi connectivity index (χ0n) is 12.9. The van der Waals surface area contributed by atoms with Crippen molar-refractivity contribution in [2.24, 2.45) is 5.73 Å². The van der Waals surface area contributed by atoms with Gasteiger partial charge in [-0.15, -0.1) is 0 Å². The summed E-state index contributed by atoms with van der Waals surface area (Å²) in [6.45, 7) is 4.72. The van der Waals surface area contributed by atoms with Crippen molar-refractivity contribution in [3.63, 3.8) is 0 Å². The first-order valence-corrected chi connectivity index (χ1v) is 7.71. The molecule has 2 N–H and O–H groups in total. The summed E-state index contributed by atoms with van der Waals surface area (Å²) in [6, 6.07) is 17.0. The molecule has 2 aromatic carbocycles. The average Bonchev–Trinajstić information content (AvgIpc) is 2.54. The van der Waals surface area contributed by atoms with Gasteiger partial charge in [-0.25, -0.2) is 0 Å². The van der Waals surface area contributed by atoms with Crippen LogP contribution in [0.4, 0.5) is 0 Å². The van der Waals surface area contributed by atoms with Gasteiger partial charge in [-0.2, -0.15) is 0 Å². The number of nitrogens with two attached hydrogens (primary N) is 1. The summed E-state index contributed by atoms with van der Waals surface area (Å²) >= 11 is 6.19. The van der Waals surface area contributed by atoms with Crippen LogP contribution in [-0.4, -0.2) is 17.4 Å². The molecule has 0 aromatic heterocycles. The lowest BCUT2D eigenvalue weighted by Gasteiger charge is -2.31. The Labute approximate surface area is 136 Å². The third-order valence-corrected chi connectivity index (χ3v) is 4.17. The molecule has 0 aliphatic carbocycles. The van der Waals surface area contributed by atoms with Crippen molar-refractivity contribution in [1.82, 2.24) is 4.90 Å².